The van der Waals surface area contributed by atoms with Crippen LogP contribution in [0.15, 0.2) is 23.3 Å². The Kier molecular flexibility index (Phi) is 7.93. The highest BCUT2D eigenvalue weighted by Crippen LogP contribution is 2.19. The van der Waals surface area contributed by atoms with Gasteiger partial charge in [0, 0.05) is 17.7 Å². The number of nitrogens with one attached hydrogen (secondary N) is 1. The van der Waals surface area contributed by atoms with Crippen LogP contribution in [0.2, 0.25) is 0 Å². The fraction of sp³-hybridized carbons (Fsp3) is 0.647. The molecule has 3 heteroatoms. The third kappa shape index (κ3) is 5.72. The van der Waals surface area contributed by atoms with E-state index in [0.717, 1.165) is 19.3 Å². The van der Waals surface area contributed by atoms with E-state index in [4.69, 9.17) is 0 Å². The van der Waals surface area contributed by atoms with E-state index in [0.29, 0.717) is 24.1 Å². The maximum atomic E-state index is 12.1. The van der Waals surface area contributed by atoms with Crippen molar-refractivity contribution in [3.05, 3.63) is 23.3 Å². The van der Waals surface area contributed by atoms with Gasteiger partial charge in [0.25, 0.3) is 5.91 Å². The van der Waals surface area contributed by atoms with Crippen molar-refractivity contribution in [1.29, 1.82) is 0 Å². The van der Waals surface area contributed by atoms with E-state index < -0.39 is 0 Å². The molecule has 0 saturated heterocycles. The summed E-state index contributed by atoms with van der Waals surface area (Å²) in [7, 11) is 0. The quantitative estimate of drug-likeness (QED) is 0.653. The second-order valence-electron chi connectivity index (χ2n) is 5.41. The summed E-state index contributed by atoms with van der Waals surface area (Å²) in [4.78, 5) is 23.6. The van der Waals surface area contributed by atoms with E-state index in [9.17, 15) is 9.59 Å². The Balaban J connectivity index is 2.31. The Morgan fingerprint density at radius 1 is 1.15 bits per heavy atom. The topological polar surface area (TPSA) is 46.2 Å². The summed E-state index contributed by atoms with van der Waals surface area (Å²) in [5.41, 5.74) is 1.24. The first-order valence-electron chi connectivity index (χ1n) is 7.85. The molecular weight excluding hydrogens is 250 g/mol. The number of ketones is 1. The minimum atomic E-state index is -0.0975. The average molecular weight is 277 g/mol. The summed E-state index contributed by atoms with van der Waals surface area (Å²) in [5.74, 6) is -0.0845. The molecule has 1 N–H and O–H groups in total. The van der Waals surface area contributed by atoms with Crippen molar-refractivity contribution in [3.63, 3.8) is 0 Å². The highest BCUT2D eigenvalue weighted by Gasteiger charge is 2.17. The third-order valence-electron chi connectivity index (χ3n) is 3.66. The fourth-order valence-electron chi connectivity index (χ4n) is 2.45. The molecule has 0 spiro atoms. The van der Waals surface area contributed by atoms with E-state index in [2.05, 4.69) is 12.2 Å². The highest BCUT2D eigenvalue weighted by atomic mass is 16.2. The van der Waals surface area contributed by atoms with Crippen LogP contribution in [0.4, 0.5) is 0 Å². The van der Waals surface area contributed by atoms with Crippen molar-refractivity contribution in [1.82, 2.24) is 5.32 Å². The molecule has 0 aromatic heterocycles. The number of allylic oxidation sites excluding steroid dienone is 2. The molecule has 0 heterocycles. The van der Waals surface area contributed by atoms with Crippen LogP contribution in [0.3, 0.4) is 0 Å². The molecule has 3 nitrogen and oxygen atoms in total. The van der Waals surface area contributed by atoms with Gasteiger partial charge in [0.05, 0.1) is 0 Å². The van der Waals surface area contributed by atoms with Crippen LogP contribution < -0.4 is 5.32 Å². The van der Waals surface area contributed by atoms with Crippen molar-refractivity contribution >= 4 is 11.7 Å². The zero-order valence-electron chi connectivity index (χ0n) is 12.8. The lowest BCUT2D eigenvalue weighted by molar-refractivity contribution is -0.118. The van der Waals surface area contributed by atoms with Crippen LogP contribution in [-0.4, -0.2) is 18.2 Å². The number of rotatable bonds is 9. The average Bonchev–Trinajstić information content (AvgIpc) is 2.46. The molecule has 0 unspecified atom stereocenters. The van der Waals surface area contributed by atoms with Gasteiger partial charge in [-0.3, -0.25) is 9.59 Å². The van der Waals surface area contributed by atoms with Crippen LogP contribution in [0.1, 0.15) is 65.2 Å². The van der Waals surface area contributed by atoms with Gasteiger partial charge in [0.2, 0.25) is 0 Å². The Morgan fingerprint density at radius 3 is 2.55 bits per heavy atom. The molecule has 0 aromatic rings. The highest BCUT2D eigenvalue weighted by molar-refractivity contribution is 6.06. The molecule has 0 saturated carbocycles. The molecule has 0 bridgehead atoms. The molecule has 1 aliphatic carbocycles. The number of carbonyl (C=O) groups is 2. The van der Waals surface area contributed by atoms with Crippen molar-refractivity contribution in [2.24, 2.45) is 0 Å². The van der Waals surface area contributed by atoms with Crippen molar-refractivity contribution in [2.75, 3.05) is 6.54 Å². The number of unbranched alkanes of at least 4 members (excludes halogenated alkanes) is 5. The van der Waals surface area contributed by atoms with E-state index in [-0.39, 0.29) is 11.7 Å². The molecule has 1 amide bonds. The first kappa shape index (κ1) is 16.7. The van der Waals surface area contributed by atoms with Crippen LogP contribution in [0.5, 0.6) is 0 Å². The van der Waals surface area contributed by atoms with E-state index in [1.807, 2.05) is 6.08 Å². The summed E-state index contributed by atoms with van der Waals surface area (Å²) in [5, 5.41) is 2.93. The van der Waals surface area contributed by atoms with Gasteiger partial charge in [-0.15, -0.1) is 0 Å². The summed E-state index contributed by atoms with van der Waals surface area (Å²) in [6.07, 6.45) is 12.5. The summed E-state index contributed by atoms with van der Waals surface area (Å²) >= 11 is 0. The van der Waals surface area contributed by atoms with Gasteiger partial charge in [-0.2, -0.15) is 0 Å². The zero-order valence-corrected chi connectivity index (χ0v) is 12.8. The second kappa shape index (κ2) is 9.51. The van der Waals surface area contributed by atoms with Crippen LogP contribution in [-0.2, 0) is 9.59 Å². The SMILES string of the molecule is CCCCCCCCNC(=O)C1=C(C(C)=O)CCC=C1. The molecule has 0 aromatic carbocycles. The first-order chi connectivity index (χ1) is 9.66. The number of amides is 1. The Bertz CT molecular complexity index is 394. The van der Waals surface area contributed by atoms with Gasteiger partial charge in [0.1, 0.15) is 0 Å². The van der Waals surface area contributed by atoms with E-state index >= 15 is 0 Å². The Morgan fingerprint density at radius 2 is 1.85 bits per heavy atom. The molecule has 0 fully saturated rings. The third-order valence-corrected chi connectivity index (χ3v) is 3.66. The molecule has 0 aliphatic heterocycles. The van der Waals surface area contributed by atoms with Crippen molar-refractivity contribution < 1.29 is 9.59 Å². The van der Waals surface area contributed by atoms with Crippen LogP contribution in [0.25, 0.3) is 0 Å². The summed E-state index contributed by atoms with van der Waals surface area (Å²) < 4.78 is 0. The standard InChI is InChI=1S/C17H27NO2/c1-3-4-5-6-7-10-13-18-17(20)16-12-9-8-11-15(16)14(2)19/h9,12H,3-8,10-11,13H2,1-2H3,(H,18,20). The van der Waals surface area contributed by atoms with Gasteiger partial charge in [0.15, 0.2) is 5.78 Å². The first-order valence-corrected chi connectivity index (χ1v) is 7.85. The number of carbonyl (C=O) groups excluding carboxylic acids is 2. The largest absolute Gasteiger partial charge is 0.352 e. The summed E-state index contributed by atoms with van der Waals surface area (Å²) in [6, 6.07) is 0. The smallest absolute Gasteiger partial charge is 0.251 e. The lowest BCUT2D eigenvalue weighted by Gasteiger charge is -2.13. The fourth-order valence-corrected chi connectivity index (χ4v) is 2.45. The van der Waals surface area contributed by atoms with Gasteiger partial charge < -0.3 is 5.32 Å². The van der Waals surface area contributed by atoms with E-state index in [1.165, 1.54) is 32.6 Å². The molecule has 1 aliphatic rings. The molecule has 20 heavy (non-hydrogen) atoms. The zero-order chi connectivity index (χ0) is 14.8. The molecular formula is C17H27NO2. The van der Waals surface area contributed by atoms with Crippen LogP contribution >= 0.6 is 0 Å². The maximum Gasteiger partial charge on any atom is 0.251 e. The minimum Gasteiger partial charge on any atom is -0.352 e. The normalized spacial score (nSPS) is 14.5. The number of hydrogen-bond acceptors (Lipinski definition) is 2. The maximum absolute atomic E-state index is 12.1. The summed E-state index contributed by atoms with van der Waals surface area (Å²) in [6.45, 7) is 4.45. The van der Waals surface area contributed by atoms with Crippen molar-refractivity contribution in [3.8, 4) is 0 Å². The number of hydrogen-bond donors (Lipinski definition) is 1. The molecule has 0 atom stereocenters. The molecule has 0 radical (unpaired) electrons. The van der Waals surface area contributed by atoms with Crippen molar-refractivity contribution in [2.45, 2.75) is 65.2 Å². The monoisotopic (exact) mass is 277 g/mol. The Labute approximate surface area is 122 Å². The van der Waals surface area contributed by atoms with Gasteiger partial charge in [-0.1, -0.05) is 51.2 Å². The van der Waals surface area contributed by atoms with Gasteiger partial charge >= 0.3 is 0 Å². The predicted octanol–water partition coefficient (Wildman–Crippen LogP) is 3.70. The lowest BCUT2D eigenvalue weighted by Crippen LogP contribution is -2.27. The van der Waals surface area contributed by atoms with Crippen LogP contribution in [0, 0.1) is 0 Å². The second-order valence-corrected chi connectivity index (χ2v) is 5.41. The van der Waals surface area contributed by atoms with Gasteiger partial charge in [-0.05, 0) is 26.2 Å². The Hall–Kier alpha value is -1.38. The number of Topliss-reactive ketones (excluding diaryl/α,β-unsaturated/α-hetero) is 1. The van der Waals surface area contributed by atoms with E-state index in [1.54, 1.807) is 6.08 Å². The molecule has 112 valence electrons. The molecule has 1 rings (SSSR count). The minimum absolute atomic E-state index is 0.0130. The lowest BCUT2D eigenvalue weighted by atomic mass is 9.94. The van der Waals surface area contributed by atoms with Gasteiger partial charge in [-0.25, -0.2) is 0 Å². The predicted molar refractivity (Wildman–Crippen MR) is 82.5 cm³/mol.